The molecule has 1 aromatic heterocycles. The summed E-state index contributed by atoms with van der Waals surface area (Å²) in [6.07, 6.45) is 2.11. The van der Waals surface area contributed by atoms with Gasteiger partial charge in [0.1, 0.15) is 0 Å². The SMILES string of the molecule is C=C(C)Cc1c(C)nn(CCC(=O)N[C@H](CO)[C@@H](C)CC)c1C. The Labute approximate surface area is 139 Å². The van der Waals surface area contributed by atoms with E-state index < -0.39 is 0 Å². The first-order valence-corrected chi connectivity index (χ1v) is 8.37. The third-order valence-electron chi connectivity index (χ3n) is 4.43. The molecule has 1 heterocycles. The van der Waals surface area contributed by atoms with Gasteiger partial charge in [0.15, 0.2) is 0 Å². The summed E-state index contributed by atoms with van der Waals surface area (Å²) < 4.78 is 1.89. The number of hydrogen-bond donors (Lipinski definition) is 2. The van der Waals surface area contributed by atoms with Crippen LogP contribution in [0.15, 0.2) is 12.2 Å². The van der Waals surface area contributed by atoms with Gasteiger partial charge in [0, 0.05) is 18.7 Å². The van der Waals surface area contributed by atoms with Gasteiger partial charge >= 0.3 is 0 Å². The molecule has 1 aromatic rings. The molecule has 0 saturated heterocycles. The van der Waals surface area contributed by atoms with E-state index in [4.69, 9.17) is 0 Å². The first-order valence-electron chi connectivity index (χ1n) is 8.37. The molecule has 23 heavy (non-hydrogen) atoms. The van der Waals surface area contributed by atoms with Crippen molar-refractivity contribution in [2.24, 2.45) is 5.92 Å². The lowest BCUT2D eigenvalue weighted by Gasteiger charge is -2.22. The predicted octanol–water partition coefficient (Wildman–Crippen LogP) is 2.53. The summed E-state index contributed by atoms with van der Waals surface area (Å²) in [5.41, 5.74) is 4.40. The molecule has 0 saturated carbocycles. The lowest BCUT2D eigenvalue weighted by atomic mass is 10.00. The standard InChI is InChI=1S/C18H31N3O2/c1-7-13(4)17(11-22)19-18(23)8-9-21-15(6)16(10-12(2)3)14(5)20-21/h13,17,22H,2,7-11H2,1,3-6H3,(H,19,23)/t13-,17+/m0/s1. The molecule has 2 N–H and O–H groups in total. The summed E-state index contributed by atoms with van der Waals surface area (Å²) >= 11 is 0. The Bertz CT molecular complexity index is 549. The first kappa shape index (κ1) is 19.4. The number of nitrogens with one attached hydrogen (secondary N) is 1. The molecule has 5 nitrogen and oxygen atoms in total. The van der Waals surface area contributed by atoms with E-state index in [2.05, 4.69) is 23.9 Å². The summed E-state index contributed by atoms with van der Waals surface area (Å²) in [7, 11) is 0. The molecule has 2 atom stereocenters. The molecule has 0 aliphatic carbocycles. The lowest BCUT2D eigenvalue weighted by molar-refractivity contribution is -0.122. The van der Waals surface area contributed by atoms with Crippen LogP contribution in [0.2, 0.25) is 0 Å². The summed E-state index contributed by atoms with van der Waals surface area (Å²) in [5, 5.41) is 16.8. The number of rotatable bonds is 9. The summed E-state index contributed by atoms with van der Waals surface area (Å²) in [6, 6.07) is -0.174. The minimum Gasteiger partial charge on any atom is -0.394 e. The van der Waals surface area contributed by atoms with E-state index in [-0.39, 0.29) is 24.5 Å². The molecule has 0 unspecified atom stereocenters. The summed E-state index contributed by atoms with van der Waals surface area (Å²) in [5.74, 6) is 0.221. The molecule has 0 aliphatic rings. The number of carbonyl (C=O) groups excluding carboxylic acids is 1. The minimum absolute atomic E-state index is 0.0244. The second-order valence-corrected chi connectivity index (χ2v) is 6.50. The van der Waals surface area contributed by atoms with Crippen LogP contribution < -0.4 is 5.32 Å². The van der Waals surface area contributed by atoms with Crippen LogP contribution in [0.25, 0.3) is 0 Å². The largest absolute Gasteiger partial charge is 0.394 e. The summed E-state index contributed by atoms with van der Waals surface area (Å²) in [6.45, 7) is 14.6. The fourth-order valence-corrected chi connectivity index (χ4v) is 2.65. The third kappa shape index (κ3) is 5.50. The van der Waals surface area contributed by atoms with Crippen molar-refractivity contribution in [1.82, 2.24) is 15.1 Å². The van der Waals surface area contributed by atoms with Gasteiger partial charge in [-0.25, -0.2) is 0 Å². The molecule has 5 heteroatoms. The van der Waals surface area contributed by atoms with E-state index >= 15 is 0 Å². The van der Waals surface area contributed by atoms with Gasteiger partial charge in [-0.1, -0.05) is 32.4 Å². The van der Waals surface area contributed by atoms with E-state index in [0.29, 0.717) is 13.0 Å². The first-order chi connectivity index (χ1) is 10.8. The number of aryl methyl sites for hydroxylation is 2. The van der Waals surface area contributed by atoms with Gasteiger partial charge in [0.05, 0.1) is 18.3 Å². The zero-order valence-electron chi connectivity index (χ0n) is 15.1. The maximum absolute atomic E-state index is 12.1. The van der Waals surface area contributed by atoms with Crippen molar-refractivity contribution < 1.29 is 9.90 Å². The second kappa shape index (κ2) is 8.87. The number of amides is 1. The van der Waals surface area contributed by atoms with E-state index in [0.717, 1.165) is 29.8 Å². The molecule has 1 rings (SSSR count). The number of allylic oxidation sites excluding steroid dienone is 1. The maximum atomic E-state index is 12.1. The van der Waals surface area contributed by atoms with Gasteiger partial charge in [-0.3, -0.25) is 9.48 Å². The van der Waals surface area contributed by atoms with Crippen LogP contribution in [0.5, 0.6) is 0 Å². The molecule has 1 amide bonds. The predicted molar refractivity (Wildman–Crippen MR) is 93.3 cm³/mol. The quantitative estimate of drug-likeness (QED) is 0.687. The number of aromatic nitrogens is 2. The molecule has 0 spiro atoms. The van der Waals surface area contributed by atoms with Crippen molar-refractivity contribution in [3.63, 3.8) is 0 Å². The van der Waals surface area contributed by atoms with Crippen molar-refractivity contribution in [3.8, 4) is 0 Å². The van der Waals surface area contributed by atoms with E-state index in [1.807, 2.05) is 32.4 Å². The summed E-state index contributed by atoms with van der Waals surface area (Å²) in [4.78, 5) is 12.1. The topological polar surface area (TPSA) is 67.2 Å². The van der Waals surface area contributed by atoms with Gasteiger partial charge in [-0.05, 0) is 38.7 Å². The number of carbonyl (C=O) groups is 1. The highest BCUT2D eigenvalue weighted by Gasteiger charge is 2.18. The van der Waals surface area contributed by atoms with Crippen LogP contribution in [0.4, 0.5) is 0 Å². The van der Waals surface area contributed by atoms with E-state index in [1.54, 1.807) is 0 Å². The van der Waals surface area contributed by atoms with Crippen LogP contribution in [-0.4, -0.2) is 33.4 Å². The van der Waals surface area contributed by atoms with Gasteiger partial charge in [0.2, 0.25) is 5.91 Å². The van der Waals surface area contributed by atoms with Crippen molar-refractivity contribution in [2.75, 3.05) is 6.61 Å². The Morgan fingerprint density at radius 3 is 2.61 bits per heavy atom. The van der Waals surface area contributed by atoms with Gasteiger partial charge in [0.25, 0.3) is 0 Å². The number of aliphatic hydroxyl groups is 1. The normalized spacial score (nSPS) is 13.7. The Morgan fingerprint density at radius 1 is 1.43 bits per heavy atom. The minimum atomic E-state index is -0.174. The molecule has 0 bridgehead atoms. The molecule has 0 aromatic carbocycles. The second-order valence-electron chi connectivity index (χ2n) is 6.50. The van der Waals surface area contributed by atoms with Gasteiger partial charge in [-0.2, -0.15) is 5.10 Å². The van der Waals surface area contributed by atoms with E-state index in [9.17, 15) is 9.90 Å². The van der Waals surface area contributed by atoms with Crippen molar-refractivity contribution >= 4 is 5.91 Å². The molecular weight excluding hydrogens is 290 g/mol. The monoisotopic (exact) mass is 321 g/mol. The van der Waals surface area contributed by atoms with Crippen molar-refractivity contribution in [2.45, 2.75) is 66.5 Å². The Balaban J connectivity index is 2.64. The van der Waals surface area contributed by atoms with Crippen LogP contribution in [-0.2, 0) is 17.8 Å². The Hall–Kier alpha value is -1.62. The molecular formula is C18H31N3O2. The molecule has 130 valence electrons. The highest BCUT2D eigenvalue weighted by molar-refractivity contribution is 5.76. The highest BCUT2D eigenvalue weighted by atomic mass is 16.3. The zero-order valence-corrected chi connectivity index (χ0v) is 15.1. The van der Waals surface area contributed by atoms with E-state index in [1.165, 1.54) is 5.56 Å². The number of hydrogen-bond acceptors (Lipinski definition) is 3. The smallest absolute Gasteiger partial charge is 0.222 e. The van der Waals surface area contributed by atoms with Gasteiger partial charge in [-0.15, -0.1) is 0 Å². The van der Waals surface area contributed by atoms with Crippen molar-refractivity contribution in [3.05, 3.63) is 29.1 Å². The number of nitrogens with zero attached hydrogens (tertiary/aromatic N) is 2. The average molecular weight is 321 g/mol. The van der Waals surface area contributed by atoms with Crippen LogP contribution in [0.1, 0.15) is 50.6 Å². The fraction of sp³-hybridized carbons (Fsp3) is 0.667. The maximum Gasteiger partial charge on any atom is 0.222 e. The number of aliphatic hydroxyl groups excluding tert-OH is 1. The molecule has 0 radical (unpaired) electrons. The molecule has 0 aliphatic heterocycles. The average Bonchev–Trinajstić information content (AvgIpc) is 2.77. The van der Waals surface area contributed by atoms with Crippen LogP contribution in [0, 0.1) is 19.8 Å². The van der Waals surface area contributed by atoms with Crippen LogP contribution in [0.3, 0.4) is 0 Å². The lowest BCUT2D eigenvalue weighted by Crippen LogP contribution is -2.42. The van der Waals surface area contributed by atoms with Gasteiger partial charge < -0.3 is 10.4 Å². The highest BCUT2D eigenvalue weighted by Crippen LogP contribution is 2.17. The zero-order chi connectivity index (χ0) is 17.6. The Morgan fingerprint density at radius 2 is 2.09 bits per heavy atom. The third-order valence-corrected chi connectivity index (χ3v) is 4.43. The van der Waals surface area contributed by atoms with Crippen LogP contribution >= 0.6 is 0 Å². The van der Waals surface area contributed by atoms with Crippen molar-refractivity contribution in [1.29, 1.82) is 0 Å². The Kier molecular flexibility index (Phi) is 7.49. The fourth-order valence-electron chi connectivity index (χ4n) is 2.65. The molecule has 0 fully saturated rings.